The van der Waals surface area contributed by atoms with E-state index in [1.165, 1.54) is 13.4 Å². The molecule has 0 spiro atoms. The summed E-state index contributed by atoms with van der Waals surface area (Å²) in [4.78, 5) is 22.0. The summed E-state index contributed by atoms with van der Waals surface area (Å²) in [5.41, 5.74) is 0.824. The third kappa shape index (κ3) is 2.85. The summed E-state index contributed by atoms with van der Waals surface area (Å²) in [6.45, 7) is 0.651. The van der Waals surface area contributed by atoms with Crippen LogP contribution in [0.4, 0.5) is 5.82 Å². The number of hydrogen-bond donors (Lipinski definition) is 2. The predicted octanol–water partition coefficient (Wildman–Crippen LogP) is 0.828. The zero-order valence-corrected chi connectivity index (χ0v) is 10.0. The molecule has 0 aliphatic carbocycles. The molecule has 18 heavy (non-hydrogen) atoms. The van der Waals surface area contributed by atoms with Gasteiger partial charge in [-0.2, -0.15) is 0 Å². The second kappa shape index (κ2) is 5.81. The maximum absolute atomic E-state index is 11.4. The Balaban J connectivity index is 1.99. The smallest absolute Gasteiger partial charge is 0.295 e. The van der Waals surface area contributed by atoms with Gasteiger partial charge in [-0.1, -0.05) is 6.07 Å². The molecule has 6 heteroatoms. The lowest BCUT2D eigenvalue weighted by molar-refractivity contribution is 0.408. The van der Waals surface area contributed by atoms with Crippen molar-refractivity contribution in [3.05, 3.63) is 46.8 Å². The zero-order valence-electron chi connectivity index (χ0n) is 10.0. The molecular formula is C12H14N4O2. The topological polar surface area (TPSA) is 79.9 Å². The van der Waals surface area contributed by atoms with Crippen LogP contribution in [0.15, 0.2) is 35.6 Å². The van der Waals surface area contributed by atoms with Crippen molar-refractivity contribution < 1.29 is 4.74 Å². The number of H-pyrrole nitrogens is 1. The number of hydrogen-bond acceptors (Lipinski definition) is 5. The maximum Gasteiger partial charge on any atom is 0.295 e. The number of nitrogens with one attached hydrogen (secondary N) is 2. The Morgan fingerprint density at radius 1 is 1.50 bits per heavy atom. The van der Waals surface area contributed by atoms with E-state index in [-0.39, 0.29) is 11.3 Å². The number of pyridine rings is 1. The first-order chi connectivity index (χ1) is 8.81. The number of rotatable bonds is 5. The highest BCUT2D eigenvalue weighted by atomic mass is 16.5. The van der Waals surface area contributed by atoms with Crippen LogP contribution in [0.3, 0.4) is 0 Å². The number of anilines is 1. The van der Waals surface area contributed by atoms with Gasteiger partial charge in [-0.25, -0.2) is 4.98 Å². The SMILES string of the molecule is COc1c(NCCc2cccnc2)nc[nH]c1=O. The lowest BCUT2D eigenvalue weighted by atomic mass is 10.2. The predicted molar refractivity (Wildman–Crippen MR) is 67.8 cm³/mol. The van der Waals surface area contributed by atoms with Gasteiger partial charge < -0.3 is 15.0 Å². The van der Waals surface area contributed by atoms with Crippen molar-refractivity contribution in [3.8, 4) is 5.75 Å². The lowest BCUT2D eigenvalue weighted by Crippen LogP contribution is -2.15. The van der Waals surface area contributed by atoms with Gasteiger partial charge in [0, 0.05) is 18.9 Å². The van der Waals surface area contributed by atoms with Gasteiger partial charge in [0.25, 0.3) is 5.56 Å². The third-order valence-electron chi connectivity index (χ3n) is 2.44. The molecule has 2 N–H and O–H groups in total. The van der Waals surface area contributed by atoms with Crippen LogP contribution in [0.2, 0.25) is 0 Å². The van der Waals surface area contributed by atoms with E-state index in [2.05, 4.69) is 20.3 Å². The van der Waals surface area contributed by atoms with Gasteiger partial charge in [0.15, 0.2) is 5.82 Å². The van der Waals surface area contributed by atoms with Crippen LogP contribution in [-0.4, -0.2) is 28.6 Å². The molecule has 0 aliphatic rings. The zero-order chi connectivity index (χ0) is 12.8. The van der Waals surface area contributed by atoms with Crippen molar-refractivity contribution in [2.24, 2.45) is 0 Å². The lowest BCUT2D eigenvalue weighted by Gasteiger charge is -2.08. The minimum absolute atomic E-state index is 0.198. The Morgan fingerprint density at radius 3 is 3.11 bits per heavy atom. The monoisotopic (exact) mass is 246 g/mol. The van der Waals surface area contributed by atoms with Crippen molar-refractivity contribution in [2.75, 3.05) is 19.0 Å². The molecule has 0 unspecified atom stereocenters. The second-order valence-electron chi connectivity index (χ2n) is 3.65. The highest BCUT2D eigenvalue weighted by Gasteiger charge is 2.07. The van der Waals surface area contributed by atoms with Crippen molar-refractivity contribution >= 4 is 5.82 Å². The van der Waals surface area contributed by atoms with E-state index in [9.17, 15) is 4.79 Å². The first-order valence-electron chi connectivity index (χ1n) is 5.55. The Kier molecular flexibility index (Phi) is 3.90. The van der Waals surface area contributed by atoms with Crippen molar-refractivity contribution in [2.45, 2.75) is 6.42 Å². The van der Waals surface area contributed by atoms with Gasteiger partial charge in [0.2, 0.25) is 5.75 Å². The fourth-order valence-electron chi connectivity index (χ4n) is 1.57. The summed E-state index contributed by atoms with van der Waals surface area (Å²) in [5, 5.41) is 3.07. The Morgan fingerprint density at radius 2 is 2.39 bits per heavy atom. The van der Waals surface area contributed by atoms with Crippen molar-refractivity contribution in [1.29, 1.82) is 0 Å². The van der Waals surface area contributed by atoms with Crippen LogP contribution in [0, 0.1) is 0 Å². The fourth-order valence-corrected chi connectivity index (χ4v) is 1.57. The average molecular weight is 246 g/mol. The minimum atomic E-state index is -0.295. The van der Waals surface area contributed by atoms with Crippen molar-refractivity contribution in [3.63, 3.8) is 0 Å². The summed E-state index contributed by atoms with van der Waals surface area (Å²) < 4.78 is 5.00. The standard InChI is InChI=1S/C12H14N4O2/c1-18-10-11(15-8-16-12(10)17)14-6-4-9-3-2-5-13-7-9/h2-3,5,7-8H,4,6H2,1H3,(H2,14,15,16,17). The average Bonchev–Trinajstić information content (AvgIpc) is 2.40. The molecule has 2 heterocycles. The summed E-state index contributed by atoms with van der Waals surface area (Å²) in [7, 11) is 1.44. The molecule has 2 aromatic rings. The number of methoxy groups -OCH3 is 1. The van der Waals surface area contributed by atoms with Crippen LogP contribution in [0.25, 0.3) is 0 Å². The Hall–Kier alpha value is -2.37. The largest absolute Gasteiger partial charge is 0.489 e. The highest BCUT2D eigenvalue weighted by Crippen LogP contribution is 2.13. The van der Waals surface area contributed by atoms with E-state index in [1.807, 2.05) is 18.3 Å². The molecule has 94 valence electrons. The van der Waals surface area contributed by atoms with Crippen LogP contribution in [0.5, 0.6) is 5.75 Å². The van der Waals surface area contributed by atoms with Gasteiger partial charge in [-0.3, -0.25) is 9.78 Å². The maximum atomic E-state index is 11.4. The van der Waals surface area contributed by atoms with Gasteiger partial charge in [-0.15, -0.1) is 0 Å². The van der Waals surface area contributed by atoms with Crippen LogP contribution in [0.1, 0.15) is 5.56 Å². The van der Waals surface area contributed by atoms with Gasteiger partial charge >= 0.3 is 0 Å². The molecular weight excluding hydrogens is 232 g/mol. The quantitative estimate of drug-likeness (QED) is 0.816. The summed E-state index contributed by atoms with van der Waals surface area (Å²) >= 11 is 0. The van der Waals surface area contributed by atoms with E-state index in [0.717, 1.165) is 12.0 Å². The summed E-state index contributed by atoms with van der Waals surface area (Å²) in [6.07, 6.45) is 5.69. The molecule has 0 saturated heterocycles. The van der Waals surface area contributed by atoms with E-state index in [1.54, 1.807) is 6.20 Å². The second-order valence-corrected chi connectivity index (χ2v) is 3.65. The third-order valence-corrected chi connectivity index (χ3v) is 2.44. The molecule has 0 radical (unpaired) electrons. The fraction of sp³-hybridized carbons (Fsp3) is 0.250. The number of nitrogens with zero attached hydrogens (tertiary/aromatic N) is 2. The Labute approximate surface area is 104 Å². The van der Waals surface area contributed by atoms with E-state index >= 15 is 0 Å². The van der Waals surface area contributed by atoms with Gasteiger partial charge in [0.1, 0.15) is 0 Å². The van der Waals surface area contributed by atoms with Crippen LogP contribution in [-0.2, 0) is 6.42 Å². The first-order valence-corrected chi connectivity index (χ1v) is 5.55. The molecule has 0 fully saturated rings. The van der Waals surface area contributed by atoms with Gasteiger partial charge in [-0.05, 0) is 18.1 Å². The Bertz CT molecular complexity index is 554. The molecule has 2 rings (SSSR count). The molecule has 0 bridgehead atoms. The van der Waals surface area contributed by atoms with Crippen LogP contribution < -0.4 is 15.6 Å². The molecule has 0 atom stereocenters. The normalized spacial score (nSPS) is 10.1. The molecule has 0 amide bonds. The van der Waals surface area contributed by atoms with Crippen LogP contribution >= 0.6 is 0 Å². The van der Waals surface area contributed by atoms with E-state index in [4.69, 9.17) is 4.74 Å². The molecule has 0 saturated carbocycles. The molecule has 0 aromatic carbocycles. The number of aromatic nitrogens is 3. The summed E-state index contributed by atoms with van der Waals surface area (Å²) in [5.74, 6) is 0.647. The number of ether oxygens (including phenoxy) is 1. The first kappa shape index (κ1) is 12.1. The van der Waals surface area contributed by atoms with E-state index in [0.29, 0.717) is 12.4 Å². The highest BCUT2D eigenvalue weighted by molar-refractivity contribution is 5.47. The number of aromatic amines is 1. The van der Waals surface area contributed by atoms with E-state index < -0.39 is 0 Å². The molecule has 0 aliphatic heterocycles. The molecule has 6 nitrogen and oxygen atoms in total. The summed E-state index contributed by atoms with van der Waals surface area (Å²) in [6, 6.07) is 3.89. The molecule has 2 aromatic heterocycles. The van der Waals surface area contributed by atoms with Gasteiger partial charge in [0.05, 0.1) is 13.4 Å². The van der Waals surface area contributed by atoms with Crippen molar-refractivity contribution in [1.82, 2.24) is 15.0 Å². The minimum Gasteiger partial charge on any atom is -0.489 e.